The molecular formula is C17H21N3O2S. The van der Waals surface area contributed by atoms with E-state index in [-0.39, 0.29) is 18.7 Å². The van der Waals surface area contributed by atoms with E-state index in [1.165, 1.54) is 0 Å². The predicted octanol–water partition coefficient (Wildman–Crippen LogP) is 2.89. The van der Waals surface area contributed by atoms with Gasteiger partial charge in [-0.15, -0.1) is 11.3 Å². The number of aliphatic hydroxyl groups excluding tert-OH is 1. The van der Waals surface area contributed by atoms with Gasteiger partial charge in [0.1, 0.15) is 5.01 Å². The van der Waals surface area contributed by atoms with E-state index in [1.54, 1.807) is 11.3 Å². The Balaban J connectivity index is 1.59. The van der Waals surface area contributed by atoms with Gasteiger partial charge < -0.3 is 15.7 Å². The van der Waals surface area contributed by atoms with E-state index in [0.717, 1.165) is 34.7 Å². The van der Waals surface area contributed by atoms with Crippen molar-refractivity contribution in [3.05, 3.63) is 51.5 Å². The van der Waals surface area contributed by atoms with Gasteiger partial charge in [-0.3, -0.25) is 0 Å². The zero-order valence-electron chi connectivity index (χ0n) is 13.1. The summed E-state index contributed by atoms with van der Waals surface area (Å²) in [6.45, 7) is 2.34. The highest BCUT2D eigenvalue weighted by molar-refractivity contribution is 7.09. The second kappa shape index (κ2) is 7.10. The molecule has 0 bridgehead atoms. The van der Waals surface area contributed by atoms with E-state index in [1.807, 2.05) is 36.6 Å². The van der Waals surface area contributed by atoms with Gasteiger partial charge in [0, 0.05) is 17.6 Å². The Morgan fingerprint density at radius 1 is 1.39 bits per heavy atom. The lowest BCUT2D eigenvalue weighted by molar-refractivity contribution is 0.234. The predicted molar refractivity (Wildman–Crippen MR) is 90.1 cm³/mol. The standard InChI is InChI=1S/C17H21N3O2S/c1-11-10-23-16(19-11)15(12-6-7-12)20-17(22)18-8-13-4-2-3-5-14(13)9-21/h2-5,10,12,15,21H,6-9H2,1H3,(H2,18,20,22). The van der Waals surface area contributed by atoms with Crippen molar-refractivity contribution in [2.45, 2.75) is 39.0 Å². The molecule has 1 unspecified atom stereocenters. The molecule has 6 heteroatoms. The topological polar surface area (TPSA) is 74.2 Å². The van der Waals surface area contributed by atoms with Gasteiger partial charge in [0.15, 0.2) is 0 Å². The zero-order chi connectivity index (χ0) is 16.2. The maximum absolute atomic E-state index is 12.2. The fourth-order valence-corrected chi connectivity index (χ4v) is 3.52. The Hall–Kier alpha value is -1.92. The van der Waals surface area contributed by atoms with E-state index >= 15 is 0 Å². The first-order chi connectivity index (χ1) is 11.2. The molecule has 1 aliphatic carbocycles. The minimum atomic E-state index is -0.192. The van der Waals surface area contributed by atoms with Crippen molar-refractivity contribution < 1.29 is 9.90 Å². The van der Waals surface area contributed by atoms with Crippen molar-refractivity contribution in [3.8, 4) is 0 Å². The molecule has 1 aliphatic rings. The number of carbonyl (C=O) groups excluding carboxylic acids is 1. The van der Waals surface area contributed by atoms with E-state index in [0.29, 0.717) is 12.5 Å². The Labute approximate surface area is 139 Å². The van der Waals surface area contributed by atoms with Crippen LogP contribution in [0.2, 0.25) is 0 Å². The molecule has 1 saturated carbocycles. The average molecular weight is 331 g/mol. The third-order valence-corrected chi connectivity index (χ3v) is 5.06. The minimum Gasteiger partial charge on any atom is -0.392 e. The van der Waals surface area contributed by atoms with E-state index in [4.69, 9.17) is 0 Å². The summed E-state index contributed by atoms with van der Waals surface area (Å²) in [4.78, 5) is 16.7. The first-order valence-electron chi connectivity index (χ1n) is 7.81. The highest BCUT2D eigenvalue weighted by atomic mass is 32.1. The molecule has 2 aromatic rings. The number of hydrogen-bond acceptors (Lipinski definition) is 4. The van der Waals surface area contributed by atoms with Gasteiger partial charge in [-0.1, -0.05) is 24.3 Å². The number of hydrogen-bond donors (Lipinski definition) is 3. The summed E-state index contributed by atoms with van der Waals surface area (Å²) in [6.07, 6.45) is 2.27. The minimum absolute atomic E-state index is 0.00165. The van der Waals surface area contributed by atoms with Crippen molar-refractivity contribution in [1.82, 2.24) is 15.6 Å². The van der Waals surface area contributed by atoms with Crippen molar-refractivity contribution in [2.75, 3.05) is 0 Å². The number of aromatic nitrogens is 1. The van der Waals surface area contributed by atoms with Gasteiger partial charge in [-0.05, 0) is 36.8 Å². The number of nitrogens with zero attached hydrogens (tertiary/aromatic N) is 1. The molecule has 122 valence electrons. The maximum Gasteiger partial charge on any atom is 0.315 e. The fraction of sp³-hybridized carbons (Fsp3) is 0.412. The van der Waals surface area contributed by atoms with Gasteiger partial charge in [-0.2, -0.15) is 0 Å². The largest absolute Gasteiger partial charge is 0.392 e. The van der Waals surface area contributed by atoms with Crippen LogP contribution in [0, 0.1) is 12.8 Å². The molecule has 5 nitrogen and oxygen atoms in total. The summed E-state index contributed by atoms with van der Waals surface area (Å²) in [5.41, 5.74) is 2.76. The number of aliphatic hydroxyl groups is 1. The van der Waals surface area contributed by atoms with Crippen LogP contribution >= 0.6 is 11.3 Å². The van der Waals surface area contributed by atoms with Crippen LogP contribution in [0.4, 0.5) is 4.79 Å². The summed E-state index contributed by atoms with van der Waals surface area (Å²) in [5, 5.41) is 18.3. The summed E-state index contributed by atoms with van der Waals surface area (Å²) < 4.78 is 0. The first-order valence-corrected chi connectivity index (χ1v) is 8.69. The summed E-state index contributed by atoms with van der Waals surface area (Å²) >= 11 is 1.60. The molecule has 0 radical (unpaired) electrons. The van der Waals surface area contributed by atoms with Crippen LogP contribution in [0.3, 0.4) is 0 Å². The number of rotatable bonds is 6. The lowest BCUT2D eigenvalue weighted by atomic mass is 10.1. The Morgan fingerprint density at radius 2 is 2.13 bits per heavy atom. The molecule has 23 heavy (non-hydrogen) atoms. The fourth-order valence-electron chi connectivity index (χ4n) is 2.58. The summed E-state index contributed by atoms with van der Waals surface area (Å²) in [7, 11) is 0. The van der Waals surface area contributed by atoms with Crippen LogP contribution < -0.4 is 10.6 Å². The number of benzene rings is 1. The number of thiazole rings is 1. The zero-order valence-corrected chi connectivity index (χ0v) is 13.9. The summed E-state index contributed by atoms with van der Waals surface area (Å²) in [6, 6.07) is 7.36. The molecule has 1 atom stereocenters. The molecule has 3 rings (SSSR count). The van der Waals surface area contributed by atoms with Crippen molar-refractivity contribution in [3.63, 3.8) is 0 Å². The van der Waals surface area contributed by atoms with Crippen molar-refractivity contribution in [1.29, 1.82) is 0 Å². The van der Waals surface area contributed by atoms with Gasteiger partial charge in [-0.25, -0.2) is 9.78 Å². The average Bonchev–Trinajstić information content (AvgIpc) is 3.32. The monoisotopic (exact) mass is 331 g/mol. The number of nitrogens with one attached hydrogen (secondary N) is 2. The van der Waals surface area contributed by atoms with Crippen LogP contribution in [0.25, 0.3) is 0 Å². The van der Waals surface area contributed by atoms with Gasteiger partial charge >= 0.3 is 6.03 Å². The molecule has 1 aromatic carbocycles. The second-order valence-corrected chi connectivity index (χ2v) is 6.79. The number of urea groups is 1. The van der Waals surface area contributed by atoms with E-state index in [2.05, 4.69) is 15.6 Å². The molecule has 0 saturated heterocycles. The molecule has 0 aliphatic heterocycles. The third kappa shape index (κ3) is 4.09. The van der Waals surface area contributed by atoms with Crippen LogP contribution in [-0.2, 0) is 13.2 Å². The number of amides is 2. The quantitative estimate of drug-likeness (QED) is 0.762. The smallest absolute Gasteiger partial charge is 0.315 e. The molecule has 1 fully saturated rings. The highest BCUT2D eigenvalue weighted by Crippen LogP contribution is 2.41. The number of carbonyl (C=O) groups is 1. The van der Waals surface area contributed by atoms with E-state index < -0.39 is 0 Å². The molecule has 3 N–H and O–H groups in total. The summed E-state index contributed by atoms with van der Waals surface area (Å²) in [5.74, 6) is 0.496. The number of aryl methyl sites for hydroxylation is 1. The van der Waals surface area contributed by atoms with Crippen molar-refractivity contribution in [2.24, 2.45) is 5.92 Å². The van der Waals surface area contributed by atoms with E-state index in [9.17, 15) is 9.90 Å². The highest BCUT2D eigenvalue weighted by Gasteiger charge is 2.35. The van der Waals surface area contributed by atoms with Gasteiger partial charge in [0.25, 0.3) is 0 Å². The molecule has 0 spiro atoms. The lowest BCUT2D eigenvalue weighted by Gasteiger charge is -2.17. The van der Waals surface area contributed by atoms with Crippen molar-refractivity contribution >= 4 is 17.4 Å². The van der Waals surface area contributed by atoms with Crippen LogP contribution in [-0.4, -0.2) is 16.1 Å². The Kier molecular flexibility index (Phi) is 4.93. The molecular weight excluding hydrogens is 310 g/mol. The van der Waals surface area contributed by atoms with Gasteiger partial charge in [0.05, 0.1) is 12.6 Å². The lowest BCUT2D eigenvalue weighted by Crippen LogP contribution is -2.38. The second-order valence-electron chi connectivity index (χ2n) is 5.90. The van der Waals surface area contributed by atoms with Gasteiger partial charge in [0.2, 0.25) is 0 Å². The Bertz CT molecular complexity index is 682. The molecule has 2 amide bonds. The maximum atomic E-state index is 12.2. The first kappa shape index (κ1) is 16.0. The Morgan fingerprint density at radius 3 is 2.74 bits per heavy atom. The van der Waals surface area contributed by atoms with Crippen LogP contribution in [0.1, 0.15) is 40.7 Å². The van der Waals surface area contributed by atoms with Crippen LogP contribution in [0.5, 0.6) is 0 Å². The van der Waals surface area contributed by atoms with Crippen LogP contribution in [0.15, 0.2) is 29.6 Å². The SMILES string of the molecule is Cc1csc(C(NC(=O)NCc2ccccc2CO)C2CC2)n1. The normalized spacial score (nSPS) is 15.2. The third-order valence-electron chi connectivity index (χ3n) is 4.01. The molecule has 1 aromatic heterocycles. The molecule has 1 heterocycles.